The SMILES string of the molecule is CC(C)(C)[C@H](CO)N(C1CC1)S(=O)(=O)C(C)(C)C. The van der Waals surface area contributed by atoms with Crippen LogP contribution in [0.2, 0.25) is 0 Å². The van der Waals surface area contributed by atoms with E-state index in [2.05, 4.69) is 0 Å². The van der Waals surface area contributed by atoms with Gasteiger partial charge in [-0.25, -0.2) is 8.42 Å². The molecular weight excluding hydrogens is 250 g/mol. The lowest BCUT2D eigenvalue weighted by atomic mass is 9.87. The van der Waals surface area contributed by atoms with Crippen LogP contribution in [0.15, 0.2) is 0 Å². The number of hydrogen-bond acceptors (Lipinski definition) is 3. The molecule has 0 amide bonds. The minimum Gasteiger partial charge on any atom is -0.395 e. The molecule has 0 aromatic heterocycles. The second kappa shape index (κ2) is 4.76. The maximum atomic E-state index is 12.7. The summed E-state index contributed by atoms with van der Waals surface area (Å²) in [6.45, 7) is 10.9. The van der Waals surface area contributed by atoms with Crippen LogP contribution >= 0.6 is 0 Å². The van der Waals surface area contributed by atoms with Crippen LogP contribution in [0.1, 0.15) is 54.4 Å². The molecule has 0 spiro atoms. The number of rotatable bonds is 4. The molecule has 0 aromatic carbocycles. The number of aliphatic hydroxyl groups excluding tert-OH is 1. The minimum absolute atomic E-state index is 0.0746. The van der Waals surface area contributed by atoms with Gasteiger partial charge < -0.3 is 5.11 Å². The van der Waals surface area contributed by atoms with E-state index in [4.69, 9.17) is 0 Å². The molecule has 0 unspecified atom stereocenters. The zero-order valence-corrected chi connectivity index (χ0v) is 13.2. The Morgan fingerprint density at radius 1 is 1.17 bits per heavy atom. The van der Waals surface area contributed by atoms with E-state index in [-0.39, 0.29) is 24.1 Å². The lowest BCUT2D eigenvalue weighted by Gasteiger charge is -2.41. The van der Waals surface area contributed by atoms with E-state index in [1.165, 1.54) is 0 Å². The highest BCUT2D eigenvalue weighted by Gasteiger charge is 2.49. The summed E-state index contributed by atoms with van der Waals surface area (Å²) in [7, 11) is -3.40. The largest absolute Gasteiger partial charge is 0.395 e. The molecular formula is C13H27NO3S. The molecule has 1 aliphatic rings. The highest BCUT2D eigenvalue weighted by molar-refractivity contribution is 7.90. The van der Waals surface area contributed by atoms with Gasteiger partial charge in [-0.3, -0.25) is 0 Å². The Labute approximate surface area is 111 Å². The van der Waals surface area contributed by atoms with Gasteiger partial charge in [0.15, 0.2) is 0 Å². The van der Waals surface area contributed by atoms with Gasteiger partial charge in [0.2, 0.25) is 10.0 Å². The molecule has 0 heterocycles. The van der Waals surface area contributed by atoms with Gasteiger partial charge in [0.05, 0.1) is 17.4 Å². The van der Waals surface area contributed by atoms with E-state index in [1.54, 1.807) is 25.1 Å². The molecule has 0 saturated heterocycles. The first-order valence-electron chi connectivity index (χ1n) is 6.57. The molecule has 5 heteroatoms. The van der Waals surface area contributed by atoms with Crippen molar-refractivity contribution in [3.63, 3.8) is 0 Å². The normalized spacial score (nSPS) is 20.2. The van der Waals surface area contributed by atoms with Crippen LogP contribution < -0.4 is 0 Å². The first-order valence-corrected chi connectivity index (χ1v) is 8.01. The van der Waals surface area contributed by atoms with Gasteiger partial charge >= 0.3 is 0 Å². The predicted molar refractivity (Wildman–Crippen MR) is 73.9 cm³/mol. The van der Waals surface area contributed by atoms with Crippen molar-refractivity contribution >= 4 is 10.0 Å². The topological polar surface area (TPSA) is 57.6 Å². The minimum atomic E-state index is -3.40. The first-order chi connectivity index (χ1) is 7.93. The second-order valence-corrected chi connectivity index (χ2v) is 9.84. The van der Waals surface area contributed by atoms with Gasteiger partial charge in [0.25, 0.3) is 0 Å². The lowest BCUT2D eigenvalue weighted by Crippen LogP contribution is -2.55. The molecule has 4 nitrogen and oxygen atoms in total. The van der Waals surface area contributed by atoms with E-state index in [0.29, 0.717) is 0 Å². The Morgan fingerprint density at radius 3 is 1.83 bits per heavy atom. The van der Waals surface area contributed by atoms with E-state index in [9.17, 15) is 13.5 Å². The number of nitrogens with zero attached hydrogens (tertiary/aromatic N) is 1. The van der Waals surface area contributed by atoms with Crippen molar-refractivity contribution in [2.75, 3.05) is 6.61 Å². The summed E-state index contributed by atoms with van der Waals surface area (Å²) < 4.78 is 26.1. The fourth-order valence-electron chi connectivity index (χ4n) is 2.00. The fraction of sp³-hybridized carbons (Fsp3) is 1.00. The van der Waals surface area contributed by atoms with Crippen LogP contribution in [0.3, 0.4) is 0 Å². The van der Waals surface area contributed by atoms with Gasteiger partial charge in [0.1, 0.15) is 0 Å². The van der Waals surface area contributed by atoms with Crippen molar-refractivity contribution in [3.8, 4) is 0 Å². The maximum absolute atomic E-state index is 12.7. The molecule has 0 aliphatic heterocycles. The van der Waals surface area contributed by atoms with E-state index in [0.717, 1.165) is 12.8 Å². The van der Waals surface area contributed by atoms with E-state index >= 15 is 0 Å². The Bertz CT molecular complexity index is 385. The van der Waals surface area contributed by atoms with Crippen molar-refractivity contribution < 1.29 is 13.5 Å². The van der Waals surface area contributed by atoms with Gasteiger partial charge in [0, 0.05) is 6.04 Å². The molecule has 1 fully saturated rings. The highest BCUT2D eigenvalue weighted by atomic mass is 32.2. The Hall–Kier alpha value is -0.130. The van der Waals surface area contributed by atoms with Crippen molar-refractivity contribution in [2.24, 2.45) is 5.41 Å². The maximum Gasteiger partial charge on any atom is 0.219 e. The molecule has 108 valence electrons. The van der Waals surface area contributed by atoms with E-state index < -0.39 is 14.8 Å². The molecule has 0 radical (unpaired) electrons. The third-order valence-corrected chi connectivity index (χ3v) is 6.09. The monoisotopic (exact) mass is 277 g/mol. The first kappa shape index (κ1) is 15.9. The third-order valence-electron chi connectivity index (χ3n) is 3.44. The van der Waals surface area contributed by atoms with Crippen molar-refractivity contribution in [2.45, 2.75) is 71.2 Å². The standard InChI is InChI=1S/C13H27NO3S/c1-12(2,3)11(9-15)14(10-7-8-10)18(16,17)13(4,5)6/h10-11,15H,7-9H2,1-6H3/t11-/m0/s1. The number of hydrogen-bond donors (Lipinski definition) is 1. The average Bonchev–Trinajstić information content (AvgIpc) is 2.92. The summed E-state index contributed by atoms with van der Waals surface area (Å²) in [6, 6.07) is -0.278. The second-order valence-electron chi connectivity index (χ2n) is 7.24. The van der Waals surface area contributed by atoms with Crippen LogP contribution in [-0.2, 0) is 10.0 Å². The van der Waals surface area contributed by atoms with Crippen LogP contribution in [0.5, 0.6) is 0 Å². The highest BCUT2D eigenvalue weighted by Crippen LogP contribution is 2.39. The summed E-state index contributed by atoms with van der Waals surface area (Å²) in [5.41, 5.74) is -0.268. The Morgan fingerprint density at radius 2 is 1.61 bits per heavy atom. The quantitative estimate of drug-likeness (QED) is 0.855. The summed E-state index contributed by atoms with van der Waals surface area (Å²) in [5, 5.41) is 9.63. The van der Waals surface area contributed by atoms with Crippen LogP contribution in [0, 0.1) is 5.41 Å². The van der Waals surface area contributed by atoms with Crippen LogP contribution in [0.25, 0.3) is 0 Å². The number of sulfonamides is 1. The van der Waals surface area contributed by atoms with Gasteiger partial charge in [-0.1, -0.05) is 20.8 Å². The van der Waals surface area contributed by atoms with E-state index in [1.807, 2.05) is 20.8 Å². The molecule has 1 rings (SSSR count). The zero-order chi connectivity index (χ0) is 14.4. The zero-order valence-electron chi connectivity index (χ0n) is 12.4. The molecule has 1 aliphatic carbocycles. The van der Waals surface area contributed by atoms with Gasteiger partial charge in [-0.2, -0.15) is 4.31 Å². The summed E-state index contributed by atoms with van der Waals surface area (Å²) in [5.74, 6) is 0. The van der Waals surface area contributed by atoms with Crippen LogP contribution in [-0.4, -0.2) is 41.3 Å². The average molecular weight is 277 g/mol. The summed E-state index contributed by atoms with van der Waals surface area (Å²) in [6.07, 6.45) is 1.81. The molecule has 1 saturated carbocycles. The van der Waals surface area contributed by atoms with Gasteiger partial charge in [-0.15, -0.1) is 0 Å². The fourth-order valence-corrected chi connectivity index (χ4v) is 3.95. The summed E-state index contributed by atoms with van der Waals surface area (Å²) >= 11 is 0. The lowest BCUT2D eigenvalue weighted by molar-refractivity contribution is 0.0958. The van der Waals surface area contributed by atoms with Crippen LogP contribution in [0.4, 0.5) is 0 Å². The predicted octanol–water partition coefficient (Wildman–Crippen LogP) is 1.99. The smallest absolute Gasteiger partial charge is 0.219 e. The summed E-state index contributed by atoms with van der Waals surface area (Å²) in [4.78, 5) is 0. The molecule has 18 heavy (non-hydrogen) atoms. The molecule has 1 atom stereocenters. The Balaban J connectivity index is 3.19. The molecule has 0 bridgehead atoms. The van der Waals surface area contributed by atoms with Crippen molar-refractivity contribution in [1.82, 2.24) is 4.31 Å². The van der Waals surface area contributed by atoms with Gasteiger partial charge in [-0.05, 0) is 39.0 Å². The number of aliphatic hydroxyl groups is 1. The Kier molecular flexibility index (Phi) is 4.21. The molecule has 1 N–H and O–H groups in total. The molecule has 0 aromatic rings. The third kappa shape index (κ3) is 3.06. The van der Waals surface area contributed by atoms with Crippen molar-refractivity contribution in [1.29, 1.82) is 0 Å². The van der Waals surface area contributed by atoms with Crippen molar-refractivity contribution in [3.05, 3.63) is 0 Å².